The monoisotopic (exact) mass is 422 g/mol. The molecule has 0 heterocycles. The van der Waals surface area contributed by atoms with E-state index in [1.54, 1.807) is 14.2 Å². The molecule has 0 aliphatic rings. The van der Waals surface area contributed by atoms with Crippen molar-refractivity contribution in [2.24, 2.45) is 0 Å². The Hall–Kier alpha value is -2.96. The van der Waals surface area contributed by atoms with E-state index in [-0.39, 0.29) is 0 Å². The third-order valence-electron chi connectivity index (χ3n) is 4.51. The van der Waals surface area contributed by atoms with Crippen molar-refractivity contribution >= 4 is 45.8 Å². The van der Waals surface area contributed by atoms with Gasteiger partial charge in [0.1, 0.15) is 21.5 Å². The summed E-state index contributed by atoms with van der Waals surface area (Å²) in [5.41, 5.74) is 3.67. The quantitative estimate of drug-likeness (QED) is 0.543. The number of nitrogens with zero attached hydrogens (tertiary/aromatic N) is 1. The van der Waals surface area contributed by atoms with E-state index < -0.39 is 0 Å². The molecule has 0 radical (unpaired) electrons. The lowest BCUT2D eigenvalue weighted by Gasteiger charge is -2.24. The Bertz CT molecular complexity index is 1000. The number of hydrogen-bond acceptors (Lipinski definition) is 4. The van der Waals surface area contributed by atoms with Crippen LogP contribution < -0.4 is 19.7 Å². The Balaban J connectivity index is 1.81. The summed E-state index contributed by atoms with van der Waals surface area (Å²) >= 11 is 11.3. The fraction of sp³-hybridized carbons (Fsp3) is 0.130. The molecule has 0 unspecified atom stereocenters. The summed E-state index contributed by atoms with van der Waals surface area (Å²) in [6.45, 7) is 0. The second kappa shape index (κ2) is 9.49. The largest absolute Gasteiger partial charge is 0.497 e. The van der Waals surface area contributed by atoms with E-state index in [9.17, 15) is 0 Å². The summed E-state index contributed by atoms with van der Waals surface area (Å²) in [6.07, 6.45) is 0. The molecule has 0 aliphatic carbocycles. The van der Waals surface area contributed by atoms with Gasteiger partial charge in [-0.3, -0.25) is 0 Å². The highest BCUT2D eigenvalue weighted by Crippen LogP contribution is 2.27. The van der Waals surface area contributed by atoms with Gasteiger partial charge in [0.05, 0.1) is 25.6 Å². The van der Waals surface area contributed by atoms with Crippen LogP contribution in [0.3, 0.4) is 0 Å². The minimum atomic E-state index is 0.629. The lowest BCUT2D eigenvalue weighted by Crippen LogP contribution is -2.26. The van der Waals surface area contributed by atoms with Crippen LogP contribution in [0.25, 0.3) is 0 Å². The number of hydrogen-bond donors (Lipinski definition) is 1. The highest BCUT2D eigenvalue weighted by molar-refractivity contribution is 7.81. The highest BCUT2D eigenvalue weighted by atomic mass is 32.1. The van der Waals surface area contributed by atoms with E-state index in [1.165, 1.54) is 0 Å². The normalized spacial score (nSPS) is 10.2. The first-order valence-corrected chi connectivity index (χ1v) is 9.81. The number of benzene rings is 3. The molecule has 29 heavy (non-hydrogen) atoms. The number of rotatable bonds is 6. The first-order chi connectivity index (χ1) is 14.0. The minimum Gasteiger partial charge on any atom is -0.497 e. The molecule has 0 amide bonds. The van der Waals surface area contributed by atoms with Crippen LogP contribution in [0.1, 0.15) is 11.1 Å². The van der Waals surface area contributed by atoms with Crippen LogP contribution in [0.2, 0.25) is 0 Å². The maximum atomic E-state index is 5.71. The third-order valence-corrected chi connectivity index (χ3v) is 5.35. The molecule has 4 nitrogen and oxygen atoms in total. The number of para-hydroxylation sites is 2. The molecule has 0 aliphatic heterocycles. The van der Waals surface area contributed by atoms with Crippen LogP contribution in [-0.2, 0) is 0 Å². The summed E-state index contributed by atoms with van der Waals surface area (Å²) in [4.78, 5) is 3.30. The van der Waals surface area contributed by atoms with Crippen molar-refractivity contribution in [3.8, 4) is 11.5 Å². The smallest absolute Gasteiger partial charge is 0.118 e. The van der Waals surface area contributed by atoms with Crippen LogP contribution in [0.15, 0.2) is 72.8 Å². The SMILES string of the molecule is COc1ccc(C(=S)Nc2ccccc2N(C)C(=S)c2ccc(OC)cc2)cc1. The van der Waals surface area contributed by atoms with Crippen molar-refractivity contribution in [1.29, 1.82) is 0 Å². The van der Waals surface area contributed by atoms with Gasteiger partial charge in [0.15, 0.2) is 0 Å². The molecular formula is C23H22N2O2S2. The zero-order valence-electron chi connectivity index (χ0n) is 16.5. The lowest BCUT2D eigenvalue weighted by molar-refractivity contribution is 0.414. The average molecular weight is 423 g/mol. The van der Waals surface area contributed by atoms with Gasteiger partial charge >= 0.3 is 0 Å². The van der Waals surface area contributed by atoms with Gasteiger partial charge in [-0.25, -0.2) is 0 Å². The van der Waals surface area contributed by atoms with Crippen LogP contribution in [0.5, 0.6) is 11.5 Å². The number of methoxy groups -OCH3 is 2. The summed E-state index contributed by atoms with van der Waals surface area (Å²) in [7, 11) is 5.24. The fourth-order valence-electron chi connectivity index (χ4n) is 2.85. The maximum absolute atomic E-state index is 5.71. The molecule has 0 saturated heterocycles. The molecule has 0 spiro atoms. The van der Waals surface area contributed by atoms with Crippen molar-refractivity contribution in [1.82, 2.24) is 0 Å². The van der Waals surface area contributed by atoms with Gasteiger partial charge in [-0.15, -0.1) is 0 Å². The van der Waals surface area contributed by atoms with Crippen molar-refractivity contribution in [3.05, 3.63) is 83.9 Å². The Morgan fingerprint density at radius 1 is 0.759 bits per heavy atom. The van der Waals surface area contributed by atoms with E-state index in [2.05, 4.69) is 5.32 Å². The average Bonchev–Trinajstić information content (AvgIpc) is 2.78. The van der Waals surface area contributed by atoms with Gasteiger partial charge in [-0.05, 0) is 60.7 Å². The Labute approximate surface area is 182 Å². The van der Waals surface area contributed by atoms with E-state index in [0.717, 1.165) is 34.0 Å². The second-order valence-electron chi connectivity index (χ2n) is 6.29. The molecule has 1 N–H and O–H groups in total. The van der Waals surface area contributed by atoms with E-state index in [1.807, 2.05) is 84.7 Å². The summed E-state index contributed by atoms with van der Waals surface area (Å²) in [5.74, 6) is 1.59. The Morgan fingerprint density at radius 2 is 1.28 bits per heavy atom. The van der Waals surface area contributed by atoms with Gasteiger partial charge in [-0.2, -0.15) is 0 Å². The molecule has 0 aromatic heterocycles. The molecule has 6 heteroatoms. The van der Waals surface area contributed by atoms with Crippen LogP contribution in [0, 0.1) is 0 Å². The summed E-state index contributed by atoms with van der Waals surface area (Å²) in [5, 5.41) is 3.34. The van der Waals surface area contributed by atoms with Gasteiger partial charge in [0.25, 0.3) is 0 Å². The number of anilines is 2. The van der Waals surface area contributed by atoms with Gasteiger partial charge < -0.3 is 19.7 Å². The van der Waals surface area contributed by atoms with Crippen LogP contribution >= 0.6 is 24.4 Å². The van der Waals surface area contributed by atoms with Crippen molar-refractivity contribution < 1.29 is 9.47 Å². The van der Waals surface area contributed by atoms with Crippen LogP contribution in [0.4, 0.5) is 11.4 Å². The topological polar surface area (TPSA) is 33.7 Å². The molecule has 148 valence electrons. The molecule has 0 bridgehead atoms. The maximum Gasteiger partial charge on any atom is 0.118 e. The molecule has 0 saturated carbocycles. The Morgan fingerprint density at radius 3 is 1.83 bits per heavy atom. The Kier molecular flexibility index (Phi) is 6.80. The van der Waals surface area contributed by atoms with E-state index in [0.29, 0.717) is 9.98 Å². The highest BCUT2D eigenvalue weighted by Gasteiger charge is 2.14. The first-order valence-electron chi connectivity index (χ1n) is 9.00. The number of nitrogens with one attached hydrogen (secondary N) is 1. The van der Waals surface area contributed by atoms with Crippen molar-refractivity contribution in [2.75, 3.05) is 31.5 Å². The van der Waals surface area contributed by atoms with E-state index >= 15 is 0 Å². The number of thiocarbonyl (C=S) groups is 2. The number of ether oxygens (including phenoxy) is 2. The first kappa shape index (κ1) is 20.8. The van der Waals surface area contributed by atoms with Gasteiger partial charge in [0.2, 0.25) is 0 Å². The molecule has 0 fully saturated rings. The van der Waals surface area contributed by atoms with Crippen LogP contribution in [-0.4, -0.2) is 31.2 Å². The molecular weight excluding hydrogens is 400 g/mol. The van der Waals surface area contributed by atoms with Gasteiger partial charge in [-0.1, -0.05) is 36.6 Å². The molecule has 3 aromatic carbocycles. The van der Waals surface area contributed by atoms with Crippen molar-refractivity contribution in [3.63, 3.8) is 0 Å². The zero-order valence-corrected chi connectivity index (χ0v) is 18.1. The molecule has 3 aromatic rings. The summed E-state index contributed by atoms with van der Waals surface area (Å²) in [6, 6.07) is 23.3. The van der Waals surface area contributed by atoms with Crippen molar-refractivity contribution in [2.45, 2.75) is 0 Å². The zero-order chi connectivity index (χ0) is 20.8. The summed E-state index contributed by atoms with van der Waals surface area (Å²) < 4.78 is 10.4. The fourth-order valence-corrected chi connectivity index (χ4v) is 3.33. The predicted molar refractivity (Wildman–Crippen MR) is 128 cm³/mol. The minimum absolute atomic E-state index is 0.629. The molecule has 3 rings (SSSR count). The standard InChI is InChI=1S/C23H22N2O2S2/c1-25(23(29)17-10-14-19(27-3)15-11-17)21-7-5-4-6-20(21)24-22(28)16-8-12-18(26-2)13-9-16/h4-15H,1-3H3,(H,24,28). The second-order valence-corrected chi connectivity index (χ2v) is 7.09. The van der Waals surface area contributed by atoms with Gasteiger partial charge in [0, 0.05) is 18.2 Å². The molecule has 0 atom stereocenters. The third kappa shape index (κ3) is 4.91. The van der Waals surface area contributed by atoms with E-state index in [4.69, 9.17) is 33.9 Å². The lowest BCUT2D eigenvalue weighted by atomic mass is 10.1. The predicted octanol–water partition coefficient (Wildman–Crippen LogP) is 5.30.